The molecule has 1 aromatic heterocycles. The summed E-state index contributed by atoms with van der Waals surface area (Å²) in [7, 11) is 0. The molecule has 0 amide bonds. The first-order chi connectivity index (χ1) is 11.4. The highest BCUT2D eigenvalue weighted by molar-refractivity contribution is 8.00. The van der Waals surface area contributed by atoms with E-state index in [0.29, 0.717) is 9.90 Å². The second-order valence-corrected chi connectivity index (χ2v) is 8.27. The molecule has 2 nitrogen and oxygen atoms in total. The Morgan fingerprint density at radius 3 is 2.40 bits per heavy atom. The summed E-state index contributed by atoms with van der Waals surface area (Å²) in [5.41, 5.74) is -3.63. The number of thioether (sulfide) groups is 1. The minimum atomic E-state index is -4.31. The van der Waals surface area contributed by atoms with Crippen LogP contribution in [0, 0.1) is 0 Å². The molecule has 1 atom stereocenters. The Morgan fingerprint density at radius 2 is 1.80 bits per heavy atom. The monoisotopic (exact) mass is 428 g/mol. The zero-order valence-electron chi connectivity index (χ0n) is 13.1. The smallest absolute Gasteiger partial charge is 0.314 e. The van der Waals surface area contributed by atoms with Crippen molar-refractivity contribution < 1.29 is 13.2 Å². The van der Waals surface area contributed by atoms with Crippen molar-refractivity contribution in [2.24, 2.45) is 0 Å². The van der Waals surface area contributed by atoms with Crippen LogP contribution in [0.25, 0.3) is 0 Å². The van der Waals surface area contributed by atoms with Gasteiger partial charge in [0.2, 0.25) is 0 Å². The molecule has 1 aliphatic rings. The fourth-order valence-electron chi connectivity index (χ4n) is 2.87. The maximum atomic E-state index is 13.0. The molecular weight excluding hydrogens is 412 g/mol. The molecule has 9 heteroatoms. The molecule has 0 aliphatic carbocycles. The van der Waals surface area contributed by atoms with Gasteiger partial charge < -0.3 is 5.32 Å². The van der Waals surface area contributed by atoms with Crippen molar-refractivity contribution in [2.45, 2.75) is 16.4 Å². The number of thiophene rings is 1. The Morgan fingerprint density at radius 1 is 1.12 bits per heavy atom. The molecule has 0 radical (unpaired) electrons. The van der Waals surface area contributed by atoms with Gasteiger partial charge >= 0.3 is 5.51 Å². The lowest BCUT2D eigenvalue weighted by atomic mass is 10.0. The van der Waals surface area contributed by atoms with Crippen LogP contribution in [0.4, 0.5) is 13.2 Å². The predicted octanol–water partition coefficient (Wildman–Crippen LogP) is 5.43. The van der Waals surface area contributed by atoms with Crippen molar-refractivity contribution in [1.82, 2.24) is 10.2 Å². The lowest BCUT2D eigenvalue weighted by molar-refractivity contribution is -0.0328. The van der Waals surface area contributed by atoms with Gasteiger partial charge in [0.05, 0.1) is 10.4 Å². The number of hydrogen-bond donors (Lipinski definition) is 1. The number of alkyl halides is 3. The number of nitrogens with zero attached hydrogens (tertiary/aromatic N) is 1. The van der Waals surface area contributed by atoms with E-state index in [1.54, 1.807) is 24.3 Å². The number of halogens is 5. The van der Waals surface area contributed by atoms with Crippen LogP contribution in [-0.4, -0.2) is 36.6 Å². The van der Waals surface area contributed by atoms with Gasteiger partial charge in [0.25, 0.3) is 0 Å². The molecule has 2 aromatic rings. The minimum Gasteiger partial charge on any atom is -0.314 e. The van der Waals surface area contributed by atoms with Gasteiger partial charge in [-0.3, -0.25) is 4.90 Å². The lowest BCUT2D eigenvalue weighted by Gasteiger charge is -2.35. The fraction of sp³-hybridized carbons (Fsp3) is 0.375. The summed E-state index contributed by atoms with van der Waals surface area (Å²) in [6.07, 6.45) is 0. The number of benzene rings is 1. The molecule has 1 aliphatic heterocycles. The zero-order chi connectivity index (χ0) is 17.2. The largest absolute Gasteiger partial charge is 0.446 e. The van der Waals surface area contributed by atoms with E-state index < -0.39 is 5.51 Å². The Balaban J connectivity index is 0.00000225. The van der Waals surface area contributed by atoms with Crippen LogP contribution in [0.2, 0.25) is 4.34 Å². The Labute approximate surface area is 164 Å². The molecule has 0 spiro atoms. The number of hydrogen-bond acceptors (Lipinski definition) is 4. The molecule has 1 N–H and O–H groups in total. The molecule has 1 fully saturated rings. The second kappa shape index (κ2) is 8.97. The maximum Gasteiger partial charge on any atom is 0.446 e. The summed E-state index contributed by atoms with van der Waals surface area (Å²) < 4.78 is 39.5. The molecule has 1 aromatic carbocycles. The summed E-state index contributed by atoms with van der Waals surface area (Å²) in [6, 6.07) is 10.3. The summed E-state index contributed by atoms with van der Waals surface area (Å²) in [4.78, 5) is 3.43. The molecule has 25 heavy (non-hydrogen) atoms. The summed E-state index contributed by atoms with van der Waals surface area (Å²) >= 11 is 7.45. The van der Waals surface area contributed by atoms with E-state index in [4.69, 9.17) is 11.6 Å². The SMILES string of the molecule is Cl.FC(F)(F)Sc1ccccc1[C@@H](c1ccc(Cl)s1)N1CCNCC1. The van der Waals surface area contributed by atoms with Crippen LogP contribution in [0.15, 0.2) is 41.3 Å². The highest BCUT2D eigenvalue weighted by Crippen LogP contribution is 2.44. The molecule has 0 bridgehead atoms. The summed E-state index contributed by atoms with van der Waals surface area (Å²) in [5.74, 6) is 0. The van der Waals surface area contributed by atoms with Gasteiger partial charge in [-0.1, -0.05) is 29.8 Å². The third-order valence-corrected chi connectivity index (χ3v) is 5.93. The predicted molar refractivity (Wildman–Crippen MR) is 101 cm³/mol. The molecule has 0 saturated carbocycles. The number of rotatable bonds is 4. The highest BCUT2D eigenvalue weighted by Gasteiger charge is 2.33. The van der Waals surface area contributed by atoms with E-state index in [1.807, 2.05) is 6.07 Å². The van der Waals surface area contributed by atoms with Crippen molar-refractivity contribution in [3.05, 3.63) is 51.2 Å². The third-order valence-electron chi connectivity index (χ3n) is 3.82. The standard InChI is InChI=1S/C16H16ClF3N2S2.ClH/c17-14-6-5-13(23-14)15(22-9-7-21-8-10-22)11-3-1-2-4-12(11)24-16(18,19)20;/h1-6,15,21H,7-10H2;1H/t15-;/m0./s1. The summed E-state index contributed by atoms with van der Waals surface area (Å²) in [5, 5.41) is 3.28. The van der Waals surface area contributed by atoms with Gasteiger partial charge in [-0.2, -0.15) is 13.2 Å². The van der Waals surface area contributed by atoms with Gasteiger partial charge in [0.1, 0.15) is 0 Å². The molecule has 0 unspecified atom stereocenters. The Bertz CT molecular complexity index is 688. The van der Waals surface area contributed by atoms with Gasteiger partial charge in [-0.15, -0.1) is 23.7 Å². The van der Waals surface area contributed by atoms with Crippen molar-refractivity contribution >= 4 is 47.1 Å². The fourth-order valence-corrected chi connectivity index (χ4v) is 4.78. The molecular formula is C16H17Cl2F3N2S2. The van der Waals surface area contributed by atoms with Gasteiger partial charge in [0.15, 0.2) is 0 Å². The van der Waals surface area contributed by atoms with Gasteiger partial charge in [-0.05, 0) is 35.5 Å². The first-order valence-corrected chi connectivity index (χ1v) is 9.50. The third kappa shape index (κ3) is 5.52. The molecule has 3 rings (SSSR count). The van der Waals surface area contributed by atoms with E-state index in [1.165, 1.54) is 17.4 Å². The van der Waals surface area contributed by atoms with Crippen LogP contribution < -0.4 is 5.32 Å². The van der Waals surface area contributed by atoms with E-state index in [-0.39, 0.29) is 35.1 Å². The van der Waals surface area contributed by atoms with Crippen LogP contribution in [0.1, 0.15) is 16.5 Å². The van der Waals surface area contributed by atoms with Crippen molar-refractivity contribution in [3.8, 4) is 0 Å². The van der Waals surface area contributed by atoms with Gasteiger partial charge in [0, 0.05) is 36.0 Å². The first kappa shape index (κ1) is 20.9. The lowest BCUT2D eigenvalue weighted by Crippen LogP contribution is -2.45. The van der Waals surface area contributed by atoms with E-state index in [2.05, 4.69) is 10.2 Å². The second-order valence-electron chi connectivity index (χ2n) is 5.42. The quantitative estimate of drug-likeness (QED) is 0.653. The van der Waals surface area contributed by atoms with Crippen molar-refractivity contribution in [2.75, 3.05) is 26.2 Å². The van der Waals surface area contributed by atoms with E-state index in [0.717, 1.165) is 31.1 Å². The Kier molecular flexibility index (Phi) is 7.49. The topological polar surface area (TPSA) is 15.3 Å². The van der Waals surface area contributed by atoms with Crippen LogP contribution in [0.3, 0.4) is 0 Å². The highest BCUT2D eigenvalue weighted by atomic mass is 35.5. The molecule has 2 heterocycles. The van der Waals surface area contributed by atoms with Crippen molar-refractivity contribution in [3.63, 3.8) is 0 Å². The summed E-state index contributed by atoms with van der Waals surface area (Å²) in [6.45, 7) is 3.21. The normalized spacial score (nSPS) is 17.1. The minimum absolute atomic E-state index is 0. The number of nitrogens with one attached hydrogen (secondary N) is 1. The molecule has 138 valence electrons. The van der Waals surface area contributed by atoms with E-state index >= 15 is 0 Å². The van der Waals surface area contributed by atoms with Crippen LogP contribution in [0.5, 0.6) is 0 Å². The average Bonchev–Trinajstić information content (AvgIpc) is 2.95. The molecule has 1 saturated heterocycles. The zero-order valence-corrected chi connectivity index (χ0v) is 16.3. The van der Waals surface area contributed by atoms with Crippen molar-refractivity contribution in [1.29, 1.82) is 0 Å². The Hall–Kier alpha value is -0.440. The van der Waals surface area contributed by atoms with Crippen LogP contribution in [-0.2, 0) is 0 Å². The van der Waals surface area contributed by atoms with Gasteiger partial charge in [-0.25, -0.2) is 0 Å². The first-order valence-electron chi connectivity index (χ1n) is 7.49. The van der Waals surface area contributed by atoms with Crippen LogP contribution >= 0.6 is 47.1 Å². The number of piperazine rings is 1. The maximum absolute atomic E-state index is 13.0. The average molecular weight is 429 g/mol. The van der Waals surface area contributed by atoms with E-state index in [9.17, 15) is 13.2 Å².